The average Bonchev–Trinajstić information content (AvgIpc) is 2.47. The van der Waals surface area contributed by atoms with Crippen molar-refractivity contribution in [2.24, 2.45) is 17.8 Å². The molecule has 1 nitrogen and oxygen atoms in total. The van der Waals surface area contributed by atoms with Gasteiger partial charge < -0.3 is 4.90 Å². The van der Waals surface area contributed by atoms with Gasteiger partial charge in [-0.2, -0.15) is 0 Å². The monoisotopic (exact) mass is 197 g/mol. The van der Waals surface area contributed by atoms with Gasteiger partial charge in [0.15, 0.2) is 0 Å². The van der Waals surface area contributed by atoms with Gasteiger partial charge in [-0.05, 0) is 50.1 Å². The topological polar surface area (TPSA) is 3.24 Å². The normalized spacial score (nSPS) is 24.0. The van der Waals surface area contributed by atoms with Crippen LogP contribution in [0.5, 0.6) is 0 Å². The lowest BCUT2D eigenvalue weighted by Crippen LogP contribution is -2.23. The van der Waals surface area contributed by atoms with Gasteiger partial charge in [-0.3, -0.25) is 0 Å². The number of likely N-dealkylation sites (tertiary alicyclic amines) is 1. The minimum absolute atomic E-state index is 0.860. The van der Waals surface area contributed by atoms with Crippen molar-refractivity contribution in [2.45, 2.75) is 47.0 Å². The van der Waals surface area contributed by atoms with E-state index in [4.69, 9.17) is 0 Å². The van der Waals surface area contributed by atoms with Crippen LogP contribution < -0.4 is 0 Å². The van der Waals surface area contributed by atoms with Crippen LogP contribution in [0, 0.1) is 17.8 Å². The van der Waals surface area contributed by atoms with Crippen molar-refractivity contribution < 1.29 is 0 Å². The van der Waals surface area contributed by atoms with Crippen LogP contribution in [-0.2, 0) is 0 Å². The minimum atomic E-state index is 0.860. The van der Waals surface area contributed by atoms with E-state index in [0.29, 0.717) is 0 Å². The molecule has 1 aliphatic heterocycles. The van der Waals surface area contributed by atoms with Crippen LogP contribution in [0.3, 0.4) is 0 Å². The van der Waals surface area contributed by atoms with E-state index in [0.717, 1.165) is 17.8 Å². The van der Waals surface area contributed by atoms with Gasteiger partial charge in [-0.1, -0.05) is 27.7 Å². The molecule has 1 unspecified atom stereocenters. The third-order valence-corrected chi connectivity index (χ3v) is 3.20. The highest BCUT2D eigenvalue weighted by atomic mass is 15.1. The molecule has 1 heteroatoms. The summed E-state index contributed by atoms with van der Waals surface area (Å²) >= 11 is 0. The van der Waals surface area contributed by atoms with Crippen LogP contribution in [0.2, 0.25) is 0 Å². The first-order chi connectivity index (χ1) is 6.58. The van der Waals surface area contributed by atoms with E-state index in [1.807, 2.05) is 0 Å². The first kappa shape index (κ1) is 12.0. The molecule has 0 N–H and O–H groups in total. The molecule has 0 amide bonds. The van der Waals surface area contributed by atoms with Crippen molar-refractivity contribution >= 4 is 0 Å². The summed E-state index contributed by atoms with van der Waals surface area (Å²) in [5.41, 5.74) is 0. The summed E-state index contributed by atoms with van der Waals surface area (Å²) in [6.45, 7) is 13.4. The third-order valence-electron chi connectivity index (χ3n) is 3.20. The maximum atomic E-state index is 2.66. The lowest BCUT2D eigenvalue weighted by atomic mass is 9.97. The highest BCUT2D eigenvalue weighted by molar-refractivity contribution is 4.76. The largest absolute Gasteiger partial charge is 0.303 e. The van der Waals surface area contributed by atoms with Crippen molar-refractivity contribution in [3.63, 3.8) is 0 Å². The molecule has 0 aromatic heterocycles. The zero-order valence-corrected chi connectivity index (χ0v) is 10.4. The van der Waals surface area contributed by atoms with Crippen LogP contribution in [0.4, 0.5) is 0 Å². The quantitative estimate of drug-likeness (QED) is 0.653. The Balaban J connectivity index is 2.14. The summed E-state index contributed by atoms with van der Waals surface area (Å²) in [6, 6.07) is 0. The fourth-order valence-electron chi connectivity index (χ4n) is 2.42. The highest BCUT2D eigenvalue weighted by Crippen LogP contribution is 2.23. The number of hydrogen-bond acceptors (Lipinski definition) is 1. The summed E-state index contributed by atoms with van der Waals surface area (Å²) in [4.78, 5) is 2.66. The Bertz CT molecular complexity index is 151. The molecule has 0 aliphatic carbocycles. The molecule has 1 atom stereocenters. The molecule has 1 saturated heterocycles. The second kappa shape index (κ2) is 5.75. The summed E-state index contributed by atoms with van der Waals surface area (Å²) in [6.07, 6.45) is 4.24. The van der Waals surface area contributed by atoms with Gasteiger partial charge in [-0.15, -0.1) is 0 Å². The van der Waals surface area contributed by atoms with Gasteiger partial charge in [0.2, 0.25) is 0 Å². The SMILES string of the molecule is CC(C)CCN1CCC(CC(C)C)C1. The summed E-state index contributed by atoms with van der Waals surface area (Å²) < 4.78 is 0. The highest BCUT2D eigenvalue weighted by Gasteiger charge is 2.22. The average molecular weight is 197 g/mol. The fraction of sp³-hybridized carbons (Fsp3) is 1.00. The van der Waals surface area contributed by atoms with E-state index in [2.05, 4.69) is 32.6 Å². The second-order valence-corrected chi connectivity index (χ2v) is 5.77. The second-order valence-electron chi connectivity index (χ2n) is 5.77. The van der Waals surface area contributed by atoms with Crippen molar-refractivity contribution in [2.75, 3.05) is 19.6 Å². The van der Waals surface area contributed by atoms with Crippen molar-refractivity contribution in [1.82, 2.24) is 4.90 Å². The van der Waals surface area contributed by atoms with E-state index in [1.54, 1.807) is 0 Å². The van der Waals surface area contributed by atoms with Gasteiger partial charge in [0.25, 0.3) is 0 Å². The Kier molecular flexibility index (Phi) is 4.94. The van der Waals surface area contributed by atoms with E-state index in [1.165, 1.54) is 38.9 Å². The molecule has 1 rings (SSSR count). The Morgan fingerprint density at radius 1 is 1.14 bits per heavy atom. The van der Waals surface area contributed by atoms with E-state index >= 15 is 0 Å². The molecular weight excluding hydrogens is 170 g/mol. The lowest BCUT2D eigenvalue weighted by Gasteiger charge is -2.17. The molecule has 1 fully saturated rings. The molecule has 14 heavy (non-hydrogen) atoms. The first-order valence-electron chi connectivity index (χ1n) is 6.30. The van der Waals surface area contributed by atoms with Crippen LogP contribution in [0.15, 0.2) is 0 Å². The summed E-state index contributed by atoms with van der Waals surface area (Å²) in [7, 11) is 0. The van der Waals surface area contributed by atoms with Crippen molar-refractivity contribution in [1.29, 1.82) is 0 Å². The molecule has 0 bridgehead atoms. The minimum Gasteiger partial charge on any atom is -0.303 e. The van der Waals surface area contributed by atoms with Gasteiger partial charge in [-0.25, -0.2) is 0 Å². The Morgan fingerprint density at radius 2 is 1.86 bits per heavy atom. The van der Waals surface area contributed by atoms with Gasteiger partial charge >= 0.3 is 0 Å². The first-order valence-corrected chi connectivity index (χ1v) is 6.30. The Hall–Kier alpha value is -0.0400. The van der Waals surface area contributed by atoms with Crippen LogP contribution >= 0.6 is 0 Å². The smallest absolute Gasteiger partial charge is 0.00102 e. The lowest BCUT2D eigenvalue weighted by molar-refractivity contribution is 0.293. The molecule has 1 aliphatic rings. The predicted octanol–water partition coefficient (Wildman–Crippen LogP) is 3.40. The zero-order chi connectivity index (χ0) is 10.6. The van der Waals surface area contributed by atoms with Crippen molar-refractivity contribution in [3.05, 3.63) is 0 Å². The van der Waals surface area contributed by atoms with Crippen LogP contribution in [0.25, 0.3) is 0 Å². The van der Waals surface area contributed by atoms with Crippen LogP contribution in [0.1, 0.15) is 47.0 Å². The van der Waals surface area contributed by atoms with Gasteiger partial charge in [0.1, 0.15) is 0 Å². The van der Waals surface area contributed by atoms with Gasteiger partial charge in [0, 0.05) is 6.54 Å². The fourth-order valence-corrected chi connectivity index (χ4v) is 2.42. The van der Waals surface area contributed by atoms with E-state index in [-0.39, 0.29) is 0 Å². The van der Waals surface area contributed by atoms with Crippen LogP contribution in [-0.4, -0.2) is 24.5 Å². The number of rotatable bonds is 5. The standard InChI is InChI=1S/C13H27N/c1-11(2)5-7-14-8-6-13(10-14)9-12(3)4/h11-13H,5-10H2,1-4H3. The van der Waals surface area contributed by atoms with E-state index in [9.17, 15) is 0 Å². The number of nitrogens with zero attached hydrogens (tertiary/aromatic N) is 1. The van der Waals surface area contributed by atoms with Gasteiger partial charge in [0.05, 0.1) is 0 Å². The molecule has 84 valence electrons. The molecule has 0 aromatic carbocycles. The maximum Gasteiger partial charge on any atom is 0.00102 e. The molecule has 1 heterocycles. The molecule has 0 spiro atoms. The predicted molar refractivity (Wildman–Crippen MR) is 63.5 cm³/mol. The van der Waals surface area contributed by atoms with Crippen molar-refractivity contribution in [3.8, 4) is 0 Å². The zero-order valence-electron chi connectivity index (χ0n) is 10.4. The van der Waals surface area contributed by atoms with E-state index < -0.39 is 0 Å². The molecule has 0 radical (unpaired) electrons. The molecular formula is C13H27N. The molecule has 0 aromatic rings. The third kappa shape index (κ3) is 4.45. The summed E-state index contributed by atoms with van der Waals surface area (Å²) in [5, 5.41) is 0. The number of hydrogen-bond donors (Lipinski definition) is 0. The maximum absolute atomic E-state index is 2.66. The Morgan fingerprint density at radius 3 is 2.43 bits per heavy atom. The Labute approximate surface area is 89.9 Å². The summed E-state index contributed by atoms with van der Waals surface area (Å²) in [5.74, 6) is 2.73. The molecule has 0 saturated carbocycles.